The van der Waals surface area contributed by atoms with Gasteiger partial charge < -0.3 is 19.9 Å². The van der Waals surface area contributed by atoms with Crippen LogP contribution in [0.2, 0.25) is 0 Å². The molecular formula is C12H21NO5. The Morgan fingerprint density at radius 3 is 2.56 bits per heavy atom. The monoisotopic (exact) mass is 259 g/mol. The maximum Gasteiger partial charge on any atom is 0.332 e. The van der Waals surface area contributed by atoms with Crippen LogP contribution in [0.15, 0.2) is 0 Å². The molecule has 104 valence electrons. The lowest BCUT2D eigenvalue weighted by atomic mass is 10.0. The van der Waals surface area contributed by atoms with Crippen LogP contribution in [-0.2, 0) is 19.1 Å². The van der Waals surface area contributed by atoms with Crippen molar-refractivity contribution in [1.82, 2.24) is 5.32 Å². The summed E-state index contributed by atoms with van der Waals surface area (Å²) in [5.41, 5.74) is 0. The van der Waals surface area contributed by atoms with Gasteiger partial charge in [0.15, 0.2) is 6.10 Å². The Balaban J connectivity index is 2.40. The molecule has 1 fully saturated rings. The second-order valence-corrected chi connectivity index (χ2v) is 4.82. The SMILES string of the molecule is COC(=O)C(NCC1CCC(C(=O)O)O1)C(C)C. The number of carboxylic acid groups (broad SMARTS) is 1. The van der Waals surface area contributed by atoms with E-state index in [4.69, 9.17) is 14.6 Å². The highest BCUT2D eigenvalue weighted by Gasteiger charge is 2.31. The zero-order chi connectivity index (χ0) is 13.7. The molecule has 1 aliphatic heterocycles. The fourth-order valence-corrected chi connectivity index (χ4v) is 2.01. The molecule has 1 heterocycles. The second-order valence-electron chi connectivity index (χ2n) is 4.82. The lowest BCUT2D eigenvalue weighted by Crippen LogP contribution is -2.45. The van der Waals surface area contributed by atoms with Gasteiger partial charge in [0.1, 0.15) is 6.04 Å². The summed E-state index contributed by atoms with van der Waals surface area (Å²) in [6.45, 7) is 4.30. The maximum absolute atomic E-state index is 11.5. The summed E-state index contributed by atoms with van der Waals surface area (Å²) in [5, 5.41) is 11.9. The van der Waals surface area contributed by atoms with Crippen molar-refractivity contribution in [1.29, 1.82) is 0 Å². The Labute approximate surface area is 107 Å². The second kappa shape index (κ2) is 6.70. The zero-order valence-electron chi connectivity index (χ0n) is 11.0. The van der Waals surface area contributed by atoms with Crippen LogP contribution in [-0.4, -0.2) is 48.9 Å². The van der Waals surface area contributed by atoms with Gasteiger partial charge in [-0.25, -0.2) is 4.79 Å². The molecular weight excluding hydrogens is 238 g/mol. The topological polar surface area (TPSA) is 84.9 Å². The van der Waals surface area contributed by atoms with Gasteiger partial charge in [-0.2, -0.15) is 0 Å². The number of carbonyl (C=O) groups is 2. The van der Waals surface area contributed by atoms with E-state index >= 15 is 0 Å². The van der Waals surface area contributed by atoms with E-state index in [0.29, 0.717) is 19.4 Å². The van der Waals surface area contributed by atoms with E-state index in [1.165, 1.54) is 7.11 Å². The summed E-state index contributed by atoms with van der Waals surface area (Å²) in [6, 6.07) is -0.387. The van der Waals surface area contributed by atoms with Gasteiger partial charge in [0.2, 0.25) is 0 Å². The van der Waals surface area contributed by atoms with Crippen LogP contribution in [0, 0.1) is 5.92 Å². The average molecular weight is 259 g/mol. The van der Waals surface area contributed by atoms with E-state index < -0.39 is 12.1 Å². The van der Waals surface area contributed by atoms with Crippen LogP contribution in [0.3, 0.4) is 0 Å². The Morgan fingerprint density at radius 1 is 1.44 bits per heavy atom. The molecule has 3 atom stereocenters. The van der Waals surface area contributed by atoms with Crippen molar-refractivity contribution in [2.24, 2.45) is 5.92 Å². The van der Waals surface area contributed by atoms with Gasteiger partial charge in [0.25, 0.3) is 0 Å². The quantitative estimate of drug-likeness (QED) is 0.672. The first-order chi connectivity index (χ1) is 8.45. The summed E-state index contributed by atoms with van der Waals surface area (Å²) in [6.07, 6.45) is 0.340. The molecule has 6 nitrogen and oxygen atoms in total. The smallest absolute Gasteiger partial charge is 0.332 e. The first-order valence-electron chi connectivity index (χ1n) is 6.15. The molecule has 0 aromatic carbocycles. The van der Waals surface area contributed by atoms with Crippen LogP contribution >= 0.6 is 0 Å². The van der Waals surface area contributed by atoms with Crippen molar-refractivity contribution in [3.05, 3.63) is 0 Å². The van der Waals surface area contributed by atoms with Crippen LogP contribution in [0.25, 0.3) is 0 Å². The number of nitrogens with one attached hydrogen (secondary N) is 1. The normalized spacial score (nSPS) is 25.1. The molecule has 0 aromatic rings. The minimum absolute atomic E-state index is 0.106. The lowest BCUT2D eigenvalue weighted by Gasteiger charge is -2.21. The lowest BCUT2D eigenvalue weighted by molar-refractivity contribution is -0.150. The molecule has 0 spiro atoms. The zero-order valence-corrected chi connectivity index (χ0v) is 11.0. The largest absolute Gasteiger partial charge is 0.479 e. The molecule has 3 unspecified atom stereocenters. The number of carboxylic acids is 1. The molecule has 1 rings (SSSR count). The van der Waals surface area contributed by atoms with Crippen LogP contribution < -0.4 is 5.32 Å². The molecule has 1 aliphatic rings. The van der Waals surface area contributed by atoms with Crippen LogP contribution in [0.4, 0.5) is 0 Å². The highest BCUT2D eigenvalue weighted by molar-refractivity contribution is 5.76. The highest BCUT2D eigenvalue weighted by atomic mass is 16.5. The number of esters is 1. The third kappa shape index (κ3) is 3.96. The van der Waals surface area contributed by atoms with Crippen molar-refractivity contribution >= 4 is 11.9 Å². The molecule has 2 N–H and O–H groups in total. The number of hydrogen-bond donors (Lipinski definition) is 2. The number of hydrogen-bond acceptors (Lipinski definition) is 5. The van der Waals surface area contributed by atoms with Crippen molar-refractivity contribution in [2.75, 3.05) is 13.7 Å². The van der Waals surface area contributed by atoms with Gasteiger partial charge in [-0.1, -0.05) is 13.8 Å². The van der Waals surface area contributed by atoms with Gasteiger partial charge >= 0.3 is 11.9 Å². The van der Waals surface area contributed by atoms with Gasteiger partial charge in [0, 0.05) is 6.54 Å². The summed E-state index contributed by atoms with van der Waals surface area (Å²) in [7, 11) is 1.35. The summed E-state index contributed by atoms with van der Waals surface area (Å²) in [5.74, 6) is -1.13. The standard InChI is InChI=1S/C12H21NO5/c1-7(2)10(12(16)17-3)13-6-8-4-5-9(18-8)11(14)15/h7-10,13H,4-6H2,1-3H3,(H,14,15). The minimum atomic E-state index is -0.925. The Bertz CT molecular complexity index is 305. The molecule has 18 heavy (non-hydrogen) atoms. The first kappa shape index (κ1) is 14.9. The number of carbonyl (C=O) groups excluding carboxylic acids is 1. The number of methoxy groups -OCH3 is 1. The minimum Gasteiger partial charge on any atom is -0.479 e. The summed E-state index contributed by atoms with van der Waals surface area (Å²) in [4.78, 5) is 22.2. The Kier molecular flexibility index (Phi) is 5.55. The van der Waals surface area contributed by atoms with E-state index in [1.807, 2.05) is 13.8 Å². The predicted octanol–water partition coefficient (Wildman–Crippen LogP) is 0.406. The Morgan fingerprint density at radius 2 is 2.11 bits per heavy atom. The van der Waals surface area contributed by atoms with Crippen molar-refractivity contribution < 1.29 is 24.2 Å². The third-order valence-corrected chi connectivity index (χ3v) is 3.07. The molecule has 0 aromatic heterocycles. The maximum atomic E-state index is 11.5. The van der Waals surface area contributed by atoms with E-state index in [1.54, 1.807) is 0 Å². The third-order valence-electron chi connectivity index (χ3n) is 3.07. The number of aliphatic carboxylic acids is 1. The fourth-order valence-electron chi connectivity index (χ4n) is 2.01. The number of rotatable bonds is 6. The van der Waals surface area contributed by atoms with Crippen molar-refractivity contribution in [3.8, 4) is 0 Å². The molecule has 1 saturated heterocycles. The molecule has 0 radical (unpaired) electrons. The van der Waals surface area contributed by atoms with Gasteiger partial charge in [-0.05, 0) is 18.8 Å². The van der Waals surface area contributed by atoms with E-state index in [0.717, 1.165) is 0 Å². The molecule has 6 heteroatoms. The van der Waals surface area contributed by atoms with Gasteiger partial charge in [-0.15, -0.1) is 0 Å². The van der Waals surface area contributed by atoms with Gasteiger partial charge in [0.05, 0.1) is 13.2 Å². The highest BCUT2D eigenvalue weighted by Crippen LogP contribution is 2.19. The molecule has 0 aliphatic carbocycles. The van der Waals surface area contributed by atoms with Crippen molar-refractivity contribution in [2.45, 2.75) is 44.9 Å². The van der Waals surface area contributed by atoms with Crippen LogP contribution in [0.5, 0.6) is 0 Å². The number of ether oxygens (including phenoxy) is 2. The molecule has 0 amide bonds. The average Bonchev–Trinajstić information content (AvgIpc) is 2.77. The van der Waals surface area contributed by atoms with Crippen LogP contribution in [0.1, 0.15) is 26.7 Å². The van der Waals surface area contributed by atoms with E-state index in [-0.39, 0.29) is 24.0 Å². The van der Waals surface area contributed by atoms with E-state index in [2.05, 4.69) is 5.32 Å². The van der Waals surface area contributed by atoms with E-state index in [9.17, 15) is 9.59 Å². The van der Waals surface area contributed by atoms with Crippen molar-refractivity contribution in [3.63, 3.8) is 0 Å². The Hall–Kier alpha value is -1.14. The summed E-state index contributed by atoms with van der Waals surface area (Å²) >= 11 is 0. The molecule has 0 saturated carbocycles. The first-order valence-corrected chi connectivity index (χ1v) is 6.15. The predicted molar refractivity (Wildman–Crippen MR) is 64.2 cm³/mol. The van der Waals surface area contributed by atoms with Gasteiger partial charge in [-0.3, -0.25) is 4.79 Å². The fraction of sp³-hybridized carbons (Fsp3) is 0.833. The summed E-state index contributed by atoms with van der Waals surface area (Å²) < 4.78 is 10.1. The molecule has 0 bridgehead atoms.